The summed E-state index contributed by atoms with van der Waals surface area (Å²) in [6.07, 6.45) is 2.41. The summed E-state index contributed by atoms with van der Waals surface area (Å²) in [6, 6.07) is 1.75. The molecule has 0 atom stereocenters. The lowest BCUT2D eigenvalue weighted by molar-refractivity contribution is 0.172. The van der Waals surface area contributed by atoms with Gasteiger partial charge in [0.25, 0.3) is 5.56 Å². The van der Waals surface area contributed by atoms with Crippen LogP contribution in [-0.4, -0.2) is 25.3 Å². The Morgan fingerprint density at radius 2 is 2.21 bits per heavy atom. The second-order valence-corrected chi connectivity index (χ2v) is 2.99. The number of aromatic amines is 1. The van der Waals surface area contributed by atoms with Gasteiger partial charge in [-0.2, -0.15) is 0 Å². The fourth-order valence-corrected chi connectivity index (χ4v) is 1.08. The first kappa shape index (κ1) is 10.8. The lowest BCUT2D eigenvalue weighted by atomic mass is 10.3. The Balaban J connectivity index is 2.51. The Kier molecular flexibility index (Phi) is 4.19. The summed E-state index contributed by atoms with van der Waals surface area (Å²) in [7, 11) is 1.65. The van der Waals surface area contributed by atoms with Crippen molar-refractivity contribution in [3.63, 3.8) is 0 Å². The third kappa shape index (κ3) is 2.88. The molecular formula is C10H15NO3. The van der Waals surface area contributed by atoms with Gasteiger partial charge in [-0.05, 0) is 13.0 Å². The molecule has 1 N–H and O–H groups in total. The maximum absolute atomic E-state index is 11.2. The number of methoxy groups -OCH3 is 1. The van der Waals surface area contributed by atoms with Crippen LogP contribution in [0.1, 0.15) is 12.0 Å². The predicted molar refractivity (Wildman–Crippen MR) is 53.8 cm³/mol. The van der Waals surface area contributed by atoms with Crippen LogP contribution in [0.15, 0.2) is 17.1 Å². The first-order chi connectivity index (χ1) is 6.75. The van der Waals surface area contributed by atoms with Crippen LogP contribution in [0.4, 0.5) is 0 Å². The zero-order valence-corrected chi connectivity index (χ0v) is 8.50. The van der Waals surface area contributed by atoms with E-state index in [1.54, 1.807) is 26.3 Å². The quantitative estimate of drug-likeness (QED) is 0.719. The van der Waals surface area contributed by atoms with Crippen LogP contribution in [0, 0.1) is 6.92 Å². The molecule has 4 heteroatoms. The molecular weight excluding hydrogens is 182 g/mol. The second kappa shape index (κ2) is 5.44. The second-order valence-electron chi connectivity index (χ2n) is 2.99. The molecule has 4 nitrogen and oxygen atoms in total. The Bertz CT molecular complexity index is 332. The van der Waals surface area contributed by atoms with Crippen LogP contribution >= 0.6 is 0 Å². The molecule has 0 spiro atoms. The number of H-pyrrole nitrogens is 1. The van der Waals surface area contributed by atoms with Gasteiger partial charge < -0.3 is 14.5 Å². The third-order valence-corrected chi connectivity index (χ3v) is 1.91. The molecule has 14 heavy (non-hydrogen) atoms. The van der Waals surface area contributed by atoms with E-state index < -0.39 is 0 Å². The van der Waals surface area contributed by atoms with Crippen LogP contribution in [-0.2, 0) is 4.74 Å². The summed E-state index contributed by atoms with van der Waals surface area (Å²) in [5.74, 6) is 0.643. The third-order valence-electron chi connectivity index (χ3n) is 1.91. The minimum absolute atomic E-state index is 0.103. The van der Waals surface area contributed by atoms with Crippen molar-refractivity contribution in [2.45, 2.75) is 13.3 Å². The van der Waals surface area contributed by atoms with E-state index in [1.807, 2.05) is 0 Å². The molecule has 78 valence electrons. The number of hydrogen-bond donors (Lipinski definition) is 1. The van der Waals surface area contributed by atoms with Crippen LogP contribution in [0.25, 0.3) is 0 Å². The van der Waals surface area contributed by atoms with E-state index in [0.717, 1.165) is 6.42 Å². The molecule has 1 heterocycles. The first-order valence-corrected chi connectivity index (χ1v) is 4.55. The van der Waals surface area contributed by atoms with Crippen LogP contribution in [0.2, 0.25) is 0 Å². The minimum Gasteiger partial charge on any atom is -0.493 e. The highest BCUT2D eigenvalue weighted by atomic mass is 16.5. The van der Waals surface area contributed by atoms with E-state index in [-0.39, 0.29) is 5.56 Å². The highest BCUT2D eigenvalue weighted by molar-refractivity contribution is 5.28. The average Bonchev–Trinajstić information content (AvgIpc) is 2.19. The first-order valence-electron chi connectivity index (χ1n) is 4.55. The highest BCUT2D eigenvalue weighted by Gasteiger charge is 2.01. The van der Waals surface area contributed by atoms with E-state index in [1.165, 1.54) is 0 Å². The zero-order valence-electron chi connectivity index (χ0n) is 8.50. The Morgan fingerprint density at radius 3 is 2.93 bits per heavy atom. The SMILES string of the molecule is COCCCOc1cc[nH]c(=O)c1C. The Hall–Kier alpha value is -1.29. The normalized spacial score (nSPS) is 10.1. The minimum atomic E-state index is -0.103. The molecule has 0 saturated heterocycles. The molecule has 0 amide bonds. The molecule has 0 saturated carbocycles. The van der Waals surface area contributed by atoms with Crippen molar-refractivity contribution in [1.82, 2.24) is 4.98 Å². The lowest BCUT2D eigenvalue weighted by Crippen LogP contribution is -2.11. The molecule has 0 aromatic carbocycles. The number of nitrogens with one attached hydrogen (secondary N) is 1. The molecule has 1 aromatic rings. The van der Waals surface area contributed by atoms with Gasteiger partial charge in [-0.3, -0.25) is 4.79 Å². The van der Waals surface area contributed by atoms with E-state index in [2.05, 4.69) is 4.98 Å². The molecule has 0 aliphatic heterocycles. The van der Waals surface area contributed by atoms with Gasteiger partial charge in [0.2, 0.25) is 0 Å². The van der Waals surface area contributed by atoms with Gasteiger partial charge in [0, 0.05) is 26.3 Å². The van der Waals surface area contributed by atoms with Crippen LogP contribution in [0.3, 0.4) is 0 Å². The standard InChI is InChI=1S/C10H15NO3/c1-8-9(4-5-11-10(8)12)14-7-3-6-13-2/h4-5H,3,6-7H2,1-2H3,(H,11,12). The van der Waals surface area contributed by atoms with Gasteiger partial charge in [-0.25, -0.2) is 0 Å². The average molecular weight is 197 g/mol. The molecule has 0 fully saturated rings. The molecule has 0 aliphatic carbocycles. The van der Waals surface area contributed by atoms with Crippen LogP contribution in [0.5, 0.6) is 5.75 Å². The fraction of sp³-hybridized carbons (Fsp3) is 0.500. The summed E-state index contributed by atoms with van der Waals surface area (Å²) in [4.78, 5) is 13.7. The number of hydrogen-bond acceptors (Lipinski definition) is 3. The van der Waals surface area contributed by atoms with Crippen molar-refractivity contribution in [3.05, 3.63) is 28.2 Å². The van der Waals surface area contributed by atoms with Gasteiger partial charge in [-0.15, -0.1) is 0 Å². The topological polar surface area (TPSA) is 51.3 Å². The van der Waals surface area contributed by atoms with Gasteiger partial charge in [0.05, 0.1) is 12.2 Å². The highest BCUT2D eigenvalue weighted by Crippen LogP contribution is 2.11. The molecule has 0 radical (unpaired) electrons. The Morgan fingerprint density at radius 1 is 1.43 bits per heavy atom. The van der Waals surface area contributed by atoms with Crippen molar-refractivity contribution in [2.24, 2.45) is 0 Å². The van der Waals surface area contributed by atoms with Crippen molar-refractivity contribution < 1.29 is 9.47 Å². The molecule has 0 aliphatic rings. The van der Waals surface area contributed by atoms with E-state index >= 15 is 0 Å². The fourth-order valence-electron chi connectivity index (χ4n) is 1.08. The lowest BCUT2D eigenvalue weighted by Gasteiger charge is -2.07. The van der Waals surface area contributed by atoms with E-state index in [0.29, 0.717) is 24.5 Å². The van der Waals surface area contributed by atoms with Crippen molar-refractivity contribution in [3.8, 4) is 5.75 Å². The summed E-state index contributed by atoms with van der Waals surface area (Å²) in [6.45, 7) is 2.98. The summed E-state index contributed by atoms with van der Waals surface area (Å²) in [5, 5.41) is 0. The number of pyridine rings is 1. The van der Waals surface area contributed by atoms with Gasteiger partial charge in [0.1, 0.15) is 5.75 Å². The summed E-state index contributed by atoms with van der Waals surface area (Å²) < 4.78 is 10.3. The summed E-state index contributed by atoms with van der Waals surface area (Å²) in [5.41, 5.74) is 0.513. The smallest absolute Gasteiger partial charge is 0.254 e. The predicted octanol–water partition coefficient (Wildman–Crippen LogP) is 1.10. The number of ether oxygens (including phenoxy) is 2. The number of rotatable bonds is 5. The van der Waals surface area contributed by atoms with Crippen molar-refractivity contribution in [2.75, 3.05) is 20.3 Å². The van der Waals surface area contributed by atoms with Gasteiger partial charge in [-0.1, -0.05) is 0 Å². The monoisotopic (exact) mass is 197 g/mol. The maximum Gasteiger partial charge on any atom is 0.254 e. The molecule has 1 rings (SSSR count). The van der Waals surface area contributed by atoms with Crippen molar-refractivity contribution >= 4 is 0 Å². The largest absolute Gasteiger partial charge is 0.493 e. The Labute approximate surface area is 82.9 Å². The van der Waals surface area contributed by atoms with Crippen LogP contribution < -0.4 is 10.3 Å². The molecule has 1 aromatic heterocycles. The zero-order chi connectivity index (χ0) is 10.4. The van der Waals surface area contributed by atoms with Crippen molar-refractivity contribution in [1.29, 1.82) is 0 Å². The molecule has 0 bridgehead atoms. The maximum atomic E-state index is 11.2. The van der Waals surface area contributed by atoms with E-state index in [9.17, 15) is 4.79 Å². The van der Waals surface area contributed by atoms with Gasteiger partial charge >= 0.3 is 0 Å². The molecule has 0 unspecified atom stereocenters. The number of aromatic nitrogens is 1. The summed E-state index contributed by atoms with van der Waals surface area (Å²) >= 11 is 0. The van der Waals surface area contributed by atoms with Gasteiger partial charge in [0.15, 0.2) is 0 Å². The van der Waals surface area contributed by atoms with E-state index in [4.69, 9.17) is 9.47 Å².